The number of nitrogens with zero attached hydrogens (tertiary/aromatic N) is 4. The lowest BCUT2D eigenvalue weighted by Crippen LogP contribution is -2.53. The van der Waals surface area contributed by atoms with Crippen LogP contribution in [0.5, 0.6) is 0 Å². The molecule has 32 heavy (non-hydrogen) atoms. The summed E-state index contributed by atoms with van der Waals surface area (Å²) in [5.74, 6) is -1.33. The molecule has 1 spiro atoms. The summed E-state index contributed by atoms with van der Waals surface area (Å²) in [5.41, 5.74) is -1.52. The predicted molar refractivity (Wildman–Crippen MR) is 103 cm³/mol. The minimum Gasteiger partial charge on any atom is -0.475 e. The van der Waals surface area contributed by atoms with Crippen LogP contribution in [0.4, 0.5) is 13.2 Å². The first-order valence-corrected chi connectivity index (χ1v) is 9.83. The number of carbonyl (C=O) groups is 1. The van der Waals surface area contributed by atoms with Crippen LogP contribution in [0.15, 0.2) is 32.4 Å². The molecule has 10 nitrogen and oxygen atoms in total. The van der Waals surface area contributed by atoms with Crippen molar-refractivity contribution in [1.82, 2.24) is 19.2 Å². The molecule has 0 saturated carbocycles. The fraction of sp³-hybridized carbons (Fsp3) is 0.579. The Morgan fingerprint density at radius 2 is 1.97 bits per heavy atom. The Bertz CT molecular complexity index is 1080. The summed E-state index contributed by atoms with van der Waals surface area (Å²) in [5, 5.41) is 11.4. The van der Waals surface area contributed by atoms with Gasteiger partial charge < -0.3 is 14.3 Å². The van der Waals surface area contributed by atoms with Gasteiger partial charge in [-0.2, -0.15) is 18.3 Å². The van der Waals surface area contributed by atoms with Crippen molar-refractivity contribution in [3.05, 3.63) is 50.7 Å². The van der Waals surface area contributed by atoms with Gasteiger partial charge in [-0.15, -0.1) is 0 Å². The van der Waals surface area contributed by atoms with E-state index in [4.69, 9.17) is 19.1 Å². The molecule has 2 aliphatic heterocycles. The third kappa shape index (κ3) is 5.10. The second kappa shape index (κ2) is 8.90. The van der Waals surface area contributed by atoms with Crippen molar-refractivity contribution >= 4 is 5.97 Å². The maximum Gasteiger partial charge on any atom is 0.490 e. The number of likely N-dealkylation sites (tertiary alicyclic amines) is 1. The zero-order valence-corrected chi connectivity index (χ0v) is 17.5. The number of carboxylic acid groups (broad SMARTS) is 1. The molecule has 1 saturated heterocycles. The molecule has 176 valence electrons. The second-order valence-electron chi connectivity index (χ2n) is 7.97. The van der Waals surface area contributed by atoms with Crippen molar-refractivity contribution in [2.45, 2.75) is 57.8 Å². The molecule has 1 unspecified atom stereocenters. The first-order chi connectivity index (χ1) is 14.9. The average molecular weight is 460 g/mol. The fourth-order valence-electron chi connectivity index (χ4n) is 3.66. The monoisotopic (exact) mass is 460 g/mol. The Kier molecular flexibility index (Phi) is 6.60. The van der Waals surface area contributed by atoms with Crippen LogP contribution in [0.1, 0.15) is 37.9 Å². The van der Waals surface area contributed by atoms with Crippen LogP contribution in [0.2, 0.25) is 0 Å². The standard InChI is InChI=1S/C17H22N4O4.C2HF3O2/c1-12(2)21-16(23)15(22)20-11-17(25-9-14(20)18-21)5-6-19(10-17)8-13-4-3-7-24-13;3-2(4,5)1(6)7/h3-4,7,12H,5-6,8-11H2,1-2H3;(H,6,7). The fourth-order valence-corrected chi connectivity index (χ4v) is 3.66. The van der Waals surface area contributed by atoms with Crippen LogP contribution in [-0.4, -0.2) is 55.2 Å². The van der Waals surface area contributed by atoms with Crippen LogP contribution < -0.4 is 11.1 Å². The lowest BCUT2D eigenvalue weighted by Gasteiger charge is -2.35. The van der Waals surface area contributed by atoms with E-state index in [1.807, 2.05) is 26.0 Å². The summed E-state index contributed by atoms with van der Waals surface area (Å²) in [6, 6.07) is 3.67. The van der Waals surface area contributed by atoms with Crippen LogP contribution in [0, 0.1) is 0 Å². The van der Waals surface area contributed by atoms with Gasteiger partial charge in [0.15, 0.2) is 5.82 Å². The number of hydrogen-bond acceptors (Lipinski definition) is 7. The van der Waals surface area contributed by atoms with Gasteiger partial charge in [0.25, 0.3) is 0 Å². The molecule has 0 aliphatic carbocycles. The summed E-state index contributed by atoms with van der Waals surface area (Å²) in [7, 11) is 0. The zero-order chi connectivity index (χ0) is 23.7. The number of fused-ring (bicyclic) bond motifs is 1. The lowest BCUT2D eigenvalue weighted by molar-refractivity contribution is -0.192. The predicted octanol–water partition coefficient (Wildman–Crippen LogP) is 1.39. The zero-order valence-electron chi connectivity index (χ0n) is 17.5. The van der Waals surface area contributed by atoms with E-state index in [-0.39, 0.29) is 12.6 Å². The molecular formula is C19H23F3N4O6. The summed E-state index contributed by atoms with van der Waals surface area (Å²) in [4.78, 5) is 35.9. The molecular weight excluding hydrogens is 437 g/mol. The third-order valence-corrected chi connectivity index (χ3v) is 5.21. The van der Waals surface area contributed by atoms with E-state index in [2.05, 4.69) is 10.00 Å². The largest absolute Gasteiger partial charge is 0.490 e. The highest BCUT2D eigenvalue weighted by atomic mass is 19.4. The number of halogens is 3. The Balaban J connectivity index is 0.000000360. The van der Waals surface area contributed by atoms with E-state index in [1.54, 1.807) is 6.26 Å². The van der Waals surface area contributed by atoms with E-state index in [0.29, 0.717) is 25.5 Å². The molecule has 0 radical (unpaired) electrons. The molecule has 2 aromatic rings. The molecule has 2 aliphatic rings. The number of alkyl halides is 3. The summed E-state index contributed by atoms with van der Waals surface area (Å²) >= 11 is 0. The number of furan rings is 1. The van der Waals surface area contributed by atoms with Crippen molar-refractivity contribution in [2.75, 3.05) is 13.1 Å². The first-order valence-electron chi connectivity index (χ1n) is 9.83. The van der Waals surface area contributed by atoms with Gasteiger partial charge in [-0.1, -0.05) is 0 Å². The SMILES string of the molecule is CC(C)n1nc2n(c(=O)c1=O)CC1(CCN(Cc3ccco3)C1)OC2.O=C(O)C(F)(F)F. The summed E-state index contributed by atoms with van der Waals surface area (Å²) in [6.45, 7) is 6.56. The molecule has 13 heteroatoms. The maximum absolute atomic E-state index is 12.5. The summed E-state index contributed by atoms with van der Waals surface area (Å²) in [6.07, 6.45) is -2.60. The number of carboxylic acids is 1. The van der Waals surface area contributed by atoms with Crippen LogP contribution in [0.25, 0.3) is 0 Å². The summed E-state index contributed by atoms with van der Waals surface area (Å²) < 4.78 is 46.0. The molecule has 1 N–H and O–H groups in total. The molecule has 0 bridgehead atoms. The smallest absolute Gasteiger partial charge is 0.475 e. The Labute approximate surface area is 179 Å². The highest BCUT2D eigenvalue weighted by molar-refractivity contribution is 5.73. The van der Waals surface area contributed by atoms with Crippen LogP contribution in [-0.2, 0) is 29.2 Å². The quantitative estimate of drug-likeness (QED) is 0.683. The van der Waals surface area contributed by atoms with Gasteiger partial charge >= 0.3 is 23.3 Å². The number of aromatic nitrogens is 3. The van der Waals surface area contributed by atoms with Crippen LogP contribution >= 0.6 is 0 Å². The van der Waals surface area contributed by atoms with Crippen molar-refractivity contribution in [3.8, 4) is 0 Å². The van der Waals surface area contributed by atoms with E-state index < -0.39 is 28.9 Å². The maximum atomic E-state index is 12.5. The van der Waals surface area contributed by atoms with E-state index in [9.17, 15) is 22.8 Å². The number of hydrogen-bond donors (Lipinski definition) is 1. The van der Waals surface area contributed by atoms with Gasteiger partial charge in [-0.3, -0.25) is 19.1 Å². The molecule has 4 rings (SSSR count). The Morgan fingerprint density at radius 1 is 1.28 bits per heavy atom. The first kappa shape index (κ1) is 23.7. The van der Waals surface area contributed by atoms with E-state index in [1.165, 1.54) is 9.25 Å². The minimum absolute atomic E-state index is 0.155. The molecule has 1 fully saturated rings. The van der Waals surface area contributed by atoms with Crippen molar-refractivity contribution < 1.29 is 32.2 Å². The Hall–Kier alpha value is -2.93. The van der Waals surface area contributed by atoms with E-state index in [0.717, 1.165) is 18.7 Å². The molecule has 0 aromatic carbocycles. The van der Waals surface area contributed by atoms with Gasteiger partial charge in [0.2, 0.25) is 0 Å². The second-order valence-corrected chi connectivity index (χ2v) is 7.97. The highest BCUT2D eigenvalue weighted by Gasteiger charge is 2.43. The normalized spacial score (nSPS) is 20.8. The van der Waals surface area contributed by atoms with Crippen molar-refractivity contribution in [2.24, 2.45) is 0 Å². The number of aliphatic carboxylic acids is 1. The lowest BCUT2D eigenvalue weighted by atomic mass is 10.0. The van der Waals surface area contributed by atoms with E-state index >= 15 is 0 Å². The molecule has 0 amide bonds. The van der Waals surface area contributed by atoms with Gasteiger partial charge in [-0.05, 0) is 32.4 Å². The number of ether oxygens (including phenoxy) is 1. The van der Waals surface area contributed by atoms with Gasteiger partial charge in [0.1, 0.15) is 18.0 Å². The minimum atomic E-state index is -5.08. The average Bonchev–Trinajstić information content (AvgIpc) is 3.35. The van der Waals surface area contributed by atoms with Crippen molar-refractivity contribution in [3.63, 3.8) is 0 Å². The topological polar surface area (TPSA) is 120 Å². The third-order valence-electron chi connectivity index (χ3n) is 5.21. The van der Waals surface area contributed by atoms with Gasteiger partial charge in [0.05, 0.1) is 25.4 Å². The molecule has 4 heterocycles. The van der Waals surface area contributed by atoms with Crippen molar-refractivity contribution in [1.29, 1.82) is 0 Å². The Morgan fingerprint density at radius 3 is 2.53 bits per heavy atom. The molecule has 2 aromatic heterocycles. The molecule has 1 atom stereocenters. The van der Waals surface area contributed by atoms with Crippen LogP contribution in [0.3, 0.4) is 0 Å². The van der Waals surface area contributed by atoms with Gasteiger partial charge in [-0.25, -0.2) is 9.48 Å². The van der Waals surface area contributed by atoms with Gasteiger partial charge in [0, 0.05) is 13.1 Å². The highest BCUT2D eigenvalue weighted by Crippen LogP contribution is 2.31. The number of rotatable bonds is 3.